The van der Waals surface area contributed by atoms with Crippen molar-refractivity contribution < 1.29 is 13.9 Å². The Bertz CT molecular complexity index is 580. The van der Waals surface area contributed by atoms with Crippen LogP contribution in [-0.2, 0) is 6.54 Å². The summed E-state index contributed by atoms with van der Waals surface area (Å²) in [5.74, 6) is 1.29. The SMILES string of the molecule is Cc1c(F)cccc1-c1ccc(CNC(C)CCCO)o1. The van der Waals surface area contributed by atoms with Gasteiger partial charge in [0, 0.05) is 18.2 Å². The summed E-state index contributed by atoms with van der Waals surface area (Å²) >= 11 is 0. The topological polar surface area (TPSA) is 45.4 Å². The van der Waals surface area contributed by atoms with Crippen molar-refractivity contribution in [1.29, 1.82) is 0 Å². The zero-order chi connectivity index (χ0) is 15.2. The Morgan fingerprint density at radius 1 is 1.29 bits per heavy atom. The van der Waals surface area contributed by atoms with Gasteiger partial charge in [0.25, 0.3) is 0 Å². The van der Waals surface area contributed by atoms with Gasteiger partial charge in [-0.1, -0.05) is 12.1 Å². The molecule has 0 saturated carbocycles. The normalized spacial score (nSPS) is 12.6. The Morgan fingerprint density at radius 2 is 2.10 bits per heavy atom. The summed E-state index contributed by atoms with van der Waals surface area (Å²) in [5, 5.41) is 12.1. The van der Waals surface area contributed by atoms with Gasteiger partial charge in [-0.15, -0.1) is 0 Å². The molecule has 2 N–H and O–H groups in total. The van der Waals surface area contributed by atoms with Gasteiger partial charge in [-0.05, 0) is 50.5 Å². The Morgan fingerprint density at radius 3 is 2.86 bits per heavy atom. The average Bonchev–Trinajstić information content (AvgIpc) is 2.94. The maximum Gasteiger partial charge on any atom is 0.134 e. The summed E-state index contributed by atoms with van der Waals surface area (Å²) in [6.07, 6.45) is 1.72. The van der Waals surface area contributed by atoms with Gasteiger partial charge in [-0.25, -0.2) is 4.39 Å². The van der Waals surface area contributed by atoms with Gasteiger partial charge < -0.3 is 14.8 Å². The zero-order valence-electron chi connectivity index (χ0n) is 12.5. The predicted octanol–water partition coefficient (Wildman–Crippen LogP) is 3.64. The Hall–Kier alpha value is -1.65. The fourth-order valence-corrected chi connectivity index (χ4v) is 2.27. The van der Waals surface area contributed by atoms with E-state index in [-0.39, 0.29) is 12.4 Å². The summed E-state index contributed by atoms with van der Waals surface area (Å²) in [5.41, 5.74) is 1.39. The molecule has 0 radical (unpaired) electrons. The molecule has 0 aliphatic heterocycles. The summed E-state index contributed by atoms with van der Waals surface area (Å²) in [7, 11) is 0. The Kier molecular flexibility index (Phi) is 5.53. The van der Waals surface area contributed by atoms with Crippen molar-refractivity contribution in [2.75, 3.05) is 6.61 Å². The van der Waals surface area contributed by atoms with Crippen molar-refractivity contribution in [3.05, 3.63) is 47.5 Å². The summed E-state index contributed by atoms with van der Waals surface area (Å²) < 4.78 is 19.4. The molecule has 0 fully saturated rings. The third kappa shape index (κ3) is 4.16. The molecular weight excluding hydrogens is 269 g/mol. The van der Waals surface area contributed by atoms with Crippen LogP contribution in [0.2, 0.25) is 0 Å². The summed E-state index contributed by atoms with van der Waals surface area (Å²) in [6, 6.07) is 9.10. The molecular formula is C17H22FNO2. The van der Waals surface area contributed by atoms with E-state index in [4.69, 9.17) is 9.52 Å². The molecule has 0 spiro atoms. The van der Waals surface area contributed by atoms with Crippen molar-refractivity contribution in [3.63, 3.8) is 0 Å². The molecule has 1 heterocycles. The fourth-order valence-electron chi connectivity index (χ4n) is 2.27. The van der Waals surface area contributed by atoms with E-state index in [1.54, 1.807) is 13.0 Å². The third-order valence-electron chi connectivity index (χ3n) is 3.61. The highest BCUT2D eigenvalue weighted by atomic mass is 19.1. The van der Waals surface area contributed by atoms with E-state index in [1.165, 1.54) is 6.07 Å². The molecule has 0 amide bonds. The summed E-state index contributed by atoms with van der Waals surface area (Å²) in [6.45, 7) is 4.68. The van der Waals surface area contributed by atoms with Crippen molar-refractivity contribution >= 4 is 0 Å². The molecule has 1 atom stereocenters. The number of furan rings is 1. The minimum absolute atomic E-state index is 0.218. The molecule has 1 aromatic carbocycles. The first-order valence-corrected chi connectivity index (χ1v) is 7.30. The average molecular weight is 291 g/mol. The second-order valence-electron chi connectivity index (χ2n) is 5.33. The lowest BCUT2D eigenvalue weighted by molar-refractivity contribution is 0.275. The second kappa shape index (κ2) is 7.38. The van der Waals surface area contributed by atoms with Crippen molar-refractivity contribution in [1.82, 2.24) is 5.32 Å². The van der Waals surface area contributed by atoms with Gasteiger partial charge in [0.1, 0.15) is 17.3 Å². The molecule has 1 unspecified atom stereocenters. The van der Waals surface area contributed by atoms with Crippen LogP contribution in [0.1, 0.15) is 31.1 Å². The molecule has 3 nitrogen and oxygen atoms in total. The van der Waals surface area contributed by atoms with E-state index in [0.717, 1.165) is 24.2 Å². The van der Waals surface area contributed by atoms with Gasteiger partial charge in [0.05, 0.1) is 6.54 Å². The van der Waals surface area contributed by atoms with Crippen LogP contribution < -0.4 is 5.32 Å². The Balaban J connectivity index is 2.00. The first-order chi connectivity index (χ1) is 10.1. The molecule has 0 aliphatic rings. The molecule has 2 rings (SSSR count). The minimum atomic E-state index is -0.221. The summed E-state index contributed by atoms with van der Waals surface area (Å²) in [4.78, 5) is 0. The molecule has 2 aromatic rings. The standard InChI is InChI=1S/C17H22FNO2/c1-12(5-4-10-20)19-11-14-8-9-17(21-14)15-6-3-7-16(18)13(15)2/h3,6-9,12,19-20H,4-5,10-11H2,1-2H3. The van der Waals surface area contributed by atoms with Gasteiger partial charge in [0.2, 0.25) is 0 Å². The first kappa shape index (κ1) is 15.7. The predicted molar refractivity (Wildman–Crippen MR) is 81.5 cm³/mol. The van der Waals surface area contributed by atoms with Crippen molar-refractivity contribution in [3.8, 4) is 11.3 Å². The monoisotopic (exact) mass is 291 g/mol. The number of benzene rings is 1. The zero-order valence-corrected chi connectivity index (χ0v) is 12.5. The van der Waals surface area contributed by atoms with E-state index in [1.807, 2.05) is 18.2 Å². The Labute approximate surface area is 124 Å². The highest BCUT2D eigenvalue weighted by Gasteiger charge is 2.10. The molecule has 114 valence electrons. The van der Waals surface area contributed by atoms with Crippen molar-refractivity contribution in [2.45, 2.75) is 39.3 Å². The van der Waals surface area contributed by atoms with E-state index >= 15 is 0 Å². The third-order valence-corrected chi connectivity index (χ3v) is 3.61. The van der Waals surface area contributed by atoms with E-state index in [2.05, 4.69) is 12.2 Å². The molecule has 1 aromatic heterocycles. The fraction of sp³-hybridized carbons (Fsp3) is 0.412. The quantitative estimate of drug-likeness (QED) is 0.818. The second-order valence-corrected chi connectivity index (χ2v) is 5.33. The van der Waals surface area contributed by atoms with Crippen LogP contribution >= 0.6 is 0 Å². The molecule has 0 bridgehead atoms. The highest BCUT2D eigenvalue weighted by molar-refractivity contribution is 5.62. The molecule has 4 heteroatoms. The van der Waals surface area contributed by atoms with E-state index in [0.29, 0.717) is 23.9 Å². The van der Waals surface area contributed by atoms with Crippen LogP contribution in [-0.4, -0.2) is 17.8 Å². The molecule has 0 aliphatic carbocycles. The smallest absolute Gasteiger partial charge is 0.134 e. The molecule has 0 saturated heterocycles. The number of hydrogen-bond donors (Lipinski definition) is 2. The van der Waals surface area contributed by atoms with Gasteiger partial charge in [-0.3, -0.25) is 0 Å². The van der Waals surface area contributed by atoms with Gasteiger partial charge >= 0.3 is 0 Å². The lowest BCUT2D eigenvalue weighted by atomic mass is 10.1. The van der Waals surface area contributed by atoms with Crippen LogP contribution in [0.15, 0.2) is 34.7 Å². The lowest BCUT2D eigenvalue weighted by Crippen LogP contribution is -2.25. The molecule has 21 heavy (non-hydrogen) atoms. The first-order valence-electron chi connectivity index (χ1n) is 7.30. The number of rotatable bonds is 7. The largest absolute Gasteiger partial charge is 0.460 e. The maximum atomic E-state index is 13.6. The lowest BCUT2D eigenvalue weighted by Gasteiger charge is -2.11. The maximum absolute atomic E-state index is 13.6. The van der Waals surface area contributed by atoms with Gasteiger partial charge in [0.15, 0.2) is 0 Å². The number of aliphatic hydroxyl groups is 1. The van der Waals surface area contributed by atoms with Crippen molar-refractivity contribution in [2.24, 2.45) is 0 Å². The van der Waals surface area contributed by atoms with E-state index in [9.17, 15) is 4.39 Å². The van der Waals surface area contributed by atoms with Crippen LogP contribution in [0, 0.1) is 12.7 Å². The number of nitrogens with one attached hydrogen (secondary N) is 1. The number of hydrogen-bond acceptors (Lipinski definition) is 3. The number of aliphatic hydroxyl groups excluding tert-OH is 1. The van der Waals surface area contributed by atoms with Crippen LogP contribution in [0.4, 0.5) is 4.39 Å². The van der Waals surface area contributed by atoms with E-state index < -0.39 is 0 Å². The van der Waals surface area contributed by atoms with Gasteiger partial charge in [-0.2, -0.15) is 0 Å². The highest BCUT2D eigenvalue weighted by Crippen LogP contribution is 2.26. The minimum Gasteiger partial charge on any atom is -0.460 e. The van der Waals surface area contributed by atoms with Crippen LogP contribution in [0.5, 0.6) is 0 Å². The van der Waals surface area contributed by atoms with Crippen LogP contribution in [0.25, 0.3) is 11.3 Å². The number of halogens is 1. The van der Waals surface area contributed by atoms with Crippen LogP contribution in [0.3, 0.4) is 0 Å².